The predicted molar refractivity (Wildman–Crippen MR) is 126 cm³/mol. The van der Waals surface area contributed by atoms with Crippen molar-refractivity contribution in [1.29, 1.82) is 0 Å². The number of rotatable bonds is 13. The first-order valence-corrected chi connectivity index (χ1v) is 11.9. The van der Waals surface area contributed by atoms with Gasteiger partial charge in [0.05, 0.1) is 0 Å². The van der Waals surface area contributed by atoms with E-state index in [4.69, 9.17) is 4.74 Å². The standard InChI is InChI=1S/C27H37NO3/c1-3-4-5-6-7-8-9-14-19-28-27(2,30)26(29)31-20-25-23-17-12-10-15-21(23)22-16-11-13-18-24(22)25/h10-13,15-18,25,28,30H,3-9,14,19-20H2,1-2H3. The van der Waals surface area contributed by atoms with E-state index in [1.54, 1.807) is 0 Å². The van der Waals surface area contributed by atoms with Gasteiger partial charge >= 0.3 is 5.97 Å². The number of hydrogen-bond donors (Lipinski definition) is 2. The summed E-state index contributed by atoms with van der Waals surface area (Å²) in [5.74, 6) is -0.617. The highest BCUT2D eigenvalue weighted by atomic mass is 16.6. The Bertz CT molecular complexity index is 800. The number of fused-ring (bicyclic) bond motifs is 3. The molecule has 31 heavy (non-hydrogen) atoms. The molecule has 0 saturated carbocycles. The summed E-state index contributed by atoms with van der Waals surface area (Å²) < 4.78 is 5.59. The van der Waals surface area contributed by atoms with E-state index in [-0.39, 0.29) is 12.5 Å². The number of hydrogen-bond acceptors (Lipinski definition) is 4. The van der Waals surface area contributed by atoms with Gasteiger partial charge in [-0.3, -0.25) is 5.32 Å². The average molecular weight is 424 g/mol. The van der Waals surface area contributed by atoms with Gasteiger partial charge in [0.1, 0.15) is 6.61 Å². The minimum Gasteiger partial charge on any atom is -0.462 e. The summed E-state index contributed by atoms with van der Waals surface area (Å²) in [7, 11) is 0. The molecule has 0 aromatic heterocycles. The maximum atomic E-state index is 12.6. The minimum atomic E-state index is -1.67. The molecule has 2 aromatic carbocycles. The summed E-state index contributed by atoms with van der Waals surface area (Å²) in [5, 5.41) is 13.5. The van der Waals surface area contributed by atoms with E-state index in [1.165, 1.54) is 67.7 Å². The highest BCUT2D eigenvalue weighted by molar-refractivity contribution is 5.80. The van der Waals surface area contributed by atoms with Gasteiger partial charge in [0.2, 0.25) is 5.72 Å². The van der Waals surface area contributed by atoms with Gasteiger partial charge in [-0.2, -0.15) is 0 Å². The second-order valence-corrected chi connectivity index (χ2v) is 8.80. The molecule has 0 saturated heterocycles. The second kappa shape index (κ2) is 11.4. The number of benzene rings is 2. The third-order valence-corrected chi connectivity index (χ3v) is 6.24. The van der Waals surface area contributed by atoms with Crippen molar-refractivity contribution >= 4 is 5.97 Å². The maximum absolute atomic E-state index is 12.6. The molecule has 168 valence electrons. The number of esters is 1. The smallest absolute Gasteiger partial charge is 0.353 e. The fourth-order valence-electron chi connectivity index (χ4n) is 4.40. The van der Waals surface area contributed by atoms with Gasteiger partial charge < -0.3 is 9.84 Å². The van der Waals surface area contributed by atoms with Crippen molar-refractivity contribution in [3.05, 3.63) is 59.7 Å². The molecule has 1 unspecified atom stereocenters. The summed E-state index contributed by atoms with van der Waals surface area (Å²) in [4.78, 5) is 12.6. The summed E-state index contributed by atoms with van der Waals surface area (Å²) in [6.07, 6.45) is 9.76. The third kappa shape index (κ3) is 6.18. The molecule has 2 aromatic rings. The number of ether oxygens (including phenoxy) is 1. The highest BCUT2D eigenvalue weighted by Crippen LogP contribution is 2.44. The Hall–Kier alpha value is -2.17. The van der Waals surface area contributed by atoms with Gasteiger partial charge in [-0.15, -0.1) is 0 Å². The Morgan fingerprint density at radius 3 is 2.00 bits per heavy atom. The quantitative estimate of drug-likeness (QED) is 0.243. The van der Waals surface area contributed by atoms with Crippen molar-refractivity contribution in [2.75, 3.05) is 13.2 Å². The zero-order valence-electron chi connectivity index (χ0n) is 19.0. The Morgan fingerprint density at radius 2 is 1.42 bits per heavy atom. The molecule has 0 radical (unpaired) electrons. The SMILES string of the molecule is CCCCCCCCCCNC(C)(O)C(=O)OCC1c2ccccc2-c2ccccc21. The predicted octanol–water partition coefficient (Wildman–Crippen LogP) is 5.78. The maximum Gasteiger partial charge on any atom is 0.353 e. The van der Waals surface area contributed by atoms with Crippen LogP contribution in [0.4, 0.5) is 0 Å². The summed E-state index contributed by atoms with van der Waals surface area (Å²) in [5.41, 5.74) is 3.06. The normalized spacial score (nSPS) is 14.7. The molecule has 0 fully saturated rings. The van der Waals surface area contributed by atoms with Gasteiger partial charge in [0.15, 0.2) is 0 Å². The first-order chi connectivity index (χ1) is 15.0. The Morgan fingerprint density at radius 1 is 0.903 bits per heavy atom. The van der Waals surface area contributed by atoms with Crippen LogP contribution in [0.3, 0.4) is 0 Å². The van der Waals surface area contributed by atoms with Crippen LogP contribution in [-0.4, -0.2) is 30.0 Å². The van der Waals surface area contributed by atoms with E-state index < -0.39 is 11.7 Å². The largest absolute Gasteiger partial charge is 0.462 e. The van der Waals surface area contributed by atoms with E-state index in [0.717, 1.165) is 12.8 Å². The van der Waals surface area contributed by atoms with Crippen LogP contribution in [-0.2, 0) is 9.53 Å². The zero-order valence-corrected chi connectivity index (χ0v) is 19.0. The second-order valence-electron chi connectivity index (χ2n) is 8.80. The monoisotopic (exact) mass is 423 g/mol. The molecule has 2 N–H and O–H groups in total. The molecule has 4 heteroatoms. The van der Waals surface area contributed by atoms with Crippen molar-refractivity contribution in [2.45, 2.75) is 76.9 Å². The van der Waals surface area contributed by atoms with Crippen LogP contribution in [0, 0.1) is 0 Å². The van der Waals surface area contributed by atoms with Crippen LogP contribution in [0.25, 0.3) is 11.1 Å². The Balaban J connectivity index is 1.44. The number of unbranched alkanes of at least 4 members (excludes halogenated alkanes) is 7. The van der Waals surface area contributed by atoms with E-state index >= 15 is 0 Å². The van der Waals surface area contributed by atoms with Crippen molar-refractivity contribution < 1.29 is 14.6 Å². The van der Waals surface area contributed by atoms with Crippen LogP contribution in [0.2, 0.25) is 0 Å². The average Bonchev–Trinajstić information content (AvgIpc) is 3.10. The highest BCUT2D eigenvalue weighted by Gasteiger charge is 2.34. The molecular formula is C27H37NO3. The van der Waals surface area contributed by atoms with E-state index in [1.807, 2.05) is 24.3 Å². The third-order valence-electron chi connectivity index (χ3n) is 6.24. The molecule has 0 amide bonds. The van der Waals surface area contributed by atoms with Crippen molar-refractivity contribution in [3.63, 3.8) is 0 Å². The lowest BCUT2D eigenvalue weighted by Gasteiger charge is -2.24. The first-order valence-electron chi connectivity index (χ1n) is 11.9. The molecule has 3 rings (SSSR count). The number of carbonyl (C=O) groups is 1. The van der Waals surface area contributed by atoms with Crippen LogP contribution in [0.5, 0.6) is 0 Å². The van der Waals surface area contributed by atoms with Crippen LogP contribution < -0.4 is 5.32 Å². The Labute approximate surface area is 187 Å². The van der Waals surface area contributed by atoms with Gasteiger partial charge in [-0.25, -0.2) is 4.79 Å². The first kappa shape index (κ1) is 23.5. The molecule has 0 aliphatic heterocycles. The molecule has 4 nitrogen and oxygen atoms in total. The lowest BCUT2D eigenvalue weighted by Crippen LogP contribution is -2.51. The summed E-state index contributed by atoms with van der Waals surface area (Å²) in [6.45, 7) is 4.54. The van der Waals surface area contributed by atoms with Crippen LogP contribution in [0.15, 0.2) is 48.5 Å². The van der Waals surface area contributed by atoms with Gasteiger partial charge in [-0.1, -0.05) is 100 Å². The molecule has 0 heterocycles. The summed E-state index contributed by atoms with van der Waals surface area (Å²) >= 11 is 0. The molecule has 1 aliphatic rings. The molecule has 1 atom stereocenters. The number of nitrogens with one attached hydrogen (secondary N) is 1. The van der Waals surface area contributed by atoms with Crippen LogP contribution in [0.1, 0.15) is 82.3 Å². The summed E-state index contributed by atoms with van der Waals surface area (Å²) in [6, 6.07) is 16.5. The van der Waals surface area contributed by atoms with Gasteiger partial charge in [-0.05, 0) is 42.1 Å². The van der Waals surface area contributed by atoms with Crippen molar-refractivity contribution in [1.82, 2.24) is 5.32 Å². The van der Waals surface area contributed by atoms with Gasteiger partial charge in [0.25, 0.3) is 0 Å². The molecule has 1 aliphatic carbocycles. The molecule has 0 bridgehead atoms. The topological polar surface area (TPSA) is 58.6 Å². The lowest BCUT2D eigenvalue weighted by atomic mass is 9.98. The Kier molecular flexibility index (Phi) is 8.68. The van der Waals surface area contributed by atoms with E-state index in [9.17, 15) is 9.90 Å². The molecule has 0 spiro atoms. The fraction of sp³-hybridized carbons (Fsp3) is 0.519. The van der Waals surface area contributed by atoms with Crippen molar-refractivity contribution in [3.8, 4) is 11.1 Å². The zero-order chi connectivity index (χ0) is 22.1. The van der Waals surface area contributed by atoms with Crippen LogP contribution >= 0.6 is 0 Å². The minimum absolute atomic E-state index is 0.000131. The lowest BCUT2D eigenvalue weighted by molar-refractivity contribution is -0.167. The van der Waals surface area contributed by atoms with E-state index in [0.29, 0.717) is 6.54 Å². The van der Waals surface area contributed by atoms with Gasteiger partial charge in [0, 0.05) is 5.92 Å². The molecular weight excluding hydrogens is 386 g/mol. The fourth-order valence-corrected chi connectivity index (χ4v) is 4.40. The number of carbonyl (C=O) groups excluding carboxylic acids is 1. The number of aliphatic hydroxyl groups is 1. The van der Waals surface area contributed by atoms with Crippen molar-refractivity contribution in [2.24, 2.45) is 0 Å². The van der Waals surface area contributed by atoms with E-state index in [2.05, 4.69) is 36.5 Å².